The van der Waals surface area contributed by atoms with Crippen LogP contribution in [-0.4, -0.2) is 16.5 Å². The van der Waals surface area contributed by atoms with Crippen molar-refractivity contribution >= 4 is 5.95 Å². The molecule has 0 aromatic carbocycles. The van der Waals surface area contributed by atoms with Crippen LogP contribution in [-0.2, 0) is 0 Å². The van der Waals surface area contributed by atoms with E-state index in [-0.39, 0.29) is 0 Å². The number of H-pyrrole nitrogens is 1. The number of rotatable bonds is 6. The lowest BCUT2D eigenvalue weighted by Gasteiger charge is -2.14. The van der Waals surface area contributed by atoms with Crippen LogP contribution in [0.15, 0.2) is 6.20 Å². The van der Waals surface area contributed by atoms with Gasteiger partial charge >= 0.3 is 0 Å². The number of imidazole rings is 1. The lowest BCUT2D eigenvalue weighted by atomic mass is 10.1. The Hall–Kier alpha value is -1.03. The van der Waals surface area contributed by atoms with E-state index < -0.39 is 0 Å². The molecule has 14 heavy (non-hydrogen) atoms. The molecule has 1 unspecified atom stereocenters. The summed E-state index contributed by atoms with van der Waals surface area (Å²) in [4.78, 5) is 7.05. The van der Waals surface area contributed by atoms with Gasteiger partial charge in [-0.05, 0) is 19.4 Å². The first-order chi connectivity index (χ1) is 6.77. The van der Waals surface area contributed by atoms with E-state index >= 15 is 0 Å². The smallest absolute Gasteiger partial charge is 0.197 e. The molecule has 1 aromatic heterocycles. The Morgan fingerprint density at radius 2 is 2.36 bits per heavy atom. The third-order valence-corrected chi connectivity index (χ3v) is 2.32. The Labute approximate surface area is 85.3 Å². The first-order valence-electron chi connectivity index (χ1n) is 5.31. The van der Waals surface area contributed by atoms with Crippen molar-refractivity contribution in [2.24, 2.45) is 0 Å². The molecule has 4 N–H and O–H groups in total. The van der Waals surface area contributed by atoms with Crippen LogP contribution in [0, 0.1) is 0 Å². The number of aromatic nitrogens is 2. The van der Waals surface area contributed by atoms with Crippen molar-refractivity contribution in [1.82, 2.24) is 15.3 Å². The van der Waals surface area contributed by atoms with Crippen LogP contribution in [0.2, 0.25) is 0 Å². The molecule has 0 saturated heterocycles. The molecule has 1 aromatic rings. The molecule has 1 rings (SSSR count). The van der Waals surface area contributed by atoms with Gasteiger partial charge in [-0.25, -0.2) is 4.98 Å². The lowest BCUT2D eigenvalue weighted by molar-refractivity contribution is 0.499. The molecule has 0 aliphatic rings. The summed E-state index contributed by atoms with van der Waals surface area (Å²) < 4.78 is 0. The largest absolute Gasteiger partial charge is 0.369 e. The molecule has 80 valence electrons. The zero-order valence-electron chi connectivity index (χ0n) is 9.01. The maximum atomic E-state index is 5.53. The van der Waals surface area contributed by atoms with Crippen molar-refractivity contribution in [3.8, 4) is 0 Å². The normalized spacial score (nSPS) is 13.0. The zero-order valence-corrected chi connectivity index (χ0v) is 9.01. The van der Waals surface area contributed by atoms with E-state index in [1.807, 2.05) is 6.20 Å². The van der Waals surface area contributed by atoms with Crippen LogP contribution in [0.3, 0.4) is 0 Å². The first-order valence-corrected chi connectivity index (χ1v) is 5.31. The number of hydrogen-bond acceptors (Lipinski definition) is 3. The molecule has 0 aliphatic carbocycles. The molecule has 0 saturated carbocycles. The Bertz CT molecular complexity index is 256. The summed E-state index contributed by atoms with van der Waals surface area (Å²) in [5, 5.41) is 3.47. The highest BCUT2D eigenvalue weighted by molar-refractivity contribution is 5.20. The van der Waals surface area contributed by atoms with Gasteiger partial charge in [-0.15, -0.1) is 0 Å². The lowest BCUT2D eigenvalue weighted by Crippen LogP contribution is -2.22. The highest BCUT2D eigenvalue weighted by atomic mass is 15.0. The van der Waals surface area contributed by atoms with Gasteiger partial charge in [0.25, 0.3) is 0 Å². The molecule has 4 nitrogen and oxygen atoms in total. The Morgan fingerprint density at radius 3 is 2.86 bits per heavy atom. The topological polar surface area (TPSA) is 66.7 Å². The number of nitrogens with zero attached hydrogens (tertiary/aromatic N) is 1. The second-order valence-electron chi connectivity index (χ2n) is 3.49. The second kappa shape index (κ2) is 5.65. The van der Waals surface area contributed by atoms with Crippen LogP contribution in [0.4, 0.5) is 5.95 Å². The van der Waals surface area contributed by atoms with E-state index in [4.69, 9.17) is 5.73 Å². The molecule has 0 radical (unpaired) electrons. The fourth-order valence-electron chi connectivity index (χ4n) is 1.46. The van der Waals surface area contributed by atoms with E-state index in [1.165, 1.54) is 12.8 Å². The Balaban J connectivity index is 2.45. The van der Waals surface area contributed by atoms with Crippen LogP contribution in [0.5, 0.6) is 0 Å². The minimum atomic E-state index is 0.353. The number of aromatic amines is 1. The maximum absolute atomic E-state index is 5.53. The van der Waals surface area contributed by atoms with Gasteiger partial charge in [-0.2, -0.15) is 0 Å². The monoisotopic (exact) mass is 196 g/mol. The number of hydrogen-bond donors (Lipinski definition) is 3. The van der Waals surface area contributed by atoms with Crippen molar-refractivity contribution in [2.75, 3.05) is 12.3 Å². The van der Waals surface area contributed by atoms with Gasteiger partial charge in [-0.1, -0.05) is 20.3 Å². The number of nitrogens with two attached hydrogens (primary N) is 1. The minimum Gasteiger partial charge on any atom is -0.369 e. The molecule has 0 bridgehead atoms. The molecule has 1 atom stereocenters. The molecule has 1 heterocycles. The van der Waals surface area contributed by atoms with Gasteiger partial charge < -0.3 is 16.0 Å². The van der Waals surface area contributed by atoms with Crippen molar-refractivity contribution in [3.05, 3.63) is 11.9 Å². The standard InChI is InChI=1S/C10H20N4/c1-3-5-6-12-8(4-2)9-7-13-10(11)14-9/h7-8,12H,3-6H2,1-2H3,(H3,11,13,14). The average Bonchev–Trinajstić information content (AvgIpc) is 2.60. The second-order valence-corrected chi connectivity index (χ2v) is 3.49. The summed E-state index contributed by atoms with van der Waals surface area (Å²) in [5.41, 5.74) is 6.62. The van der Waals surface area contributed by atoms with Gasteiger partial charge in [0.2, 0.25) is 0 Å². The van der Waals surface area contributed by atoms with Crippen molar-refractivity contribution in [1.29, 1.82) is 0 Å². The van der Waals surface area contributed by atoms with E-state index in [0.717, 1.165) is 18.7 Å². The average molecular weight is 196 g/mol. The summed E-state index contributed by atoms with van der Waals surface area (Å²) in [7, 11) is 0. The number of unbranched alkanes of at least 4 members (excludes halogenated alkanes) is 1. The first kappa shape index (κ1) is 11.0. The Kier molecular flexibility index (Phi) is 4.46. The molecular weight excluding hydrogens is 176 g/mol. The zero-order chi connectivity index (χ0) is 10.4. The quantitative estimate of drug-likeness (QED) is 0.608. The molecular formula is C10H20N4. The Morgan fingerprint density at radius 1 is 1.57 bits per heavy atom. The SMILES string of the molecule is CCCCNC(CC)c1cnc(N)[nH]1. The van der Waals surface area contributed by atoms with Gasteiger partial charge in [-0.3, -0.25) is 0 Å². The maximum Gasteiger partial charge on any atom is 0.197 e. The number of nitrogens with one attached hydrogen (secondary N) is 2. The van der Waals surface area contributed by atoms with E-state index in [9.17, 15) is 0 Å². The highest BCUT2D eigenvalue weighted by Gasteiger charge is 2.09. The number of anilines is 1. The van der Waals surface area contributed by atoms with Crippen LogP contribution in [0.25, 0.3) is 0 Å². The van der Waals surface area contributed by atoms with Gasteiger partial charge in [0.05, 0.1) is 11.9 Å². The molecule has 0 aliphatic heterocycles. The van der Waals surface area contributed by atoms with Crippen LogP contribution < -0.4 is 11.1 Å². The summed E-state index contributed by atoms with van der Waals surface area (Å²) in [6, 6.07) is 0.353. The third kappa shape index (κ3) is 3.03. The summed E-state index contributed by atoms with van der Waals surface area (Å²) in [6.07, 6.45) is 5.28. The van der Waals surface area contributed by atoms with Crippen molar-refractivity contribution in [2.45, 2.75) is 39.2 Å². The molecule has 0 fully saturated rings. The predicted octanol–water partition coefficient (Wildman–Crippen LogP) is 1.83. The van der Waals surface area contributed by atoms with Crippen LogP contribution in [0.1, 0.15) is 44.8 Å². The van der Waals surface area contributed by atoms with Gasteiger partial charge in [0.1, 0.15) is 0 Å². The summed E-state index contributed by atoms with van der Waals surface area (Å²) in [6.45, 7) is 5.39. The van der Waals surface area contributed by atoms with Crippen LogP contribution >= 0.6 is 0 Å². The predicted molar refractivity (Wildman–Crippen MR) is 58.9 cm³/mol. The fraction of sp³-hybridized carbons (Fsp3) is 0.700. The highest BCUT2D eigenvalue weighted by Crippen LogP contribution is 2.14. The van der Waals surface area contributed by atoms with Crippen molar-refractivity contribution < 1.29 is 0 Å². The summed E-state index contributed by atoms with van der Waals surface area (Å²) in [5.74, 6) is 0.496. The number of nitrogen functional groups attached to an aromatic ring is 1. The summed E-state index contributed by atoms with van der Waals surface area (Å²) >= 11 is 0. The molecule has 4 heteroatoms. The van der Waals surface area contributed by atoms with E-state index in [2.05, 4.69) is 29.1 Å². The van der Waals surface area contributed by atoms with E-state index in [1.54, 1.807) is 0 Å². The minimum absolute atomic E-state index is 0.353. The van der Waals surface area contributed by atoms with Crippen molar-refractivity contribution in [3.63, 3.8) is 0 Å². The van der Waals surface area contributed by atoms with Gasteiger partial charge in [0, 0.05) is 6.04 Å². The van der Waals surface area contributed by atoms with Gasteiger partial charge in [0.15, 0.2) is 5.95 Å². The fourth-order valence-corrected chi connectivity index (χ4v) is 1.46. The molecule has 0 spiro atoms. The molecule has 0 amide bonds. The third-order valence-electron chi connectivity index (χ3n) is 2.32. The van der Waals surface area contributed by atoms with E-state index in [0.29, 0.717) is 12.0 Å².